The van der Waals surface area contributed by atoms with Crippen LogP contribution in [0.1, 0.15) is 41.8 Å². The van der Waals surface area contributed by atoms with Gasteiger partial charge in [0.25, 0.3) is 11.8 Å². The van der Waals surface area contributed by atoms with Crippen LogP contribution in [0.4, 0.5) is 11.4 Å². The molecule has 9 heteroatoms. The molecule has 0 saturated heterocycles. The average molecular weight is 628 g/mol. The summed E-state index contributed by atoms with van der Waals surface area (Å²) in [5.41, 5.74) is 3.21. The van der Waals surface area contributed by atoms with E-state index in [0.29, 0.717) is 46.3 Å². The summed E-state index contributed by atoms with van der Waals surface area (Å²) in [5, 5.41) is 8.80. The van der Waals surface area contributed by atoms with Crippen molar-refractivity contribution >= 4 is 58.5 Å². The van der Waals surface area contributed by atoms with Crippen LogP contribution in [0.25, 0.3) is 6.08 Å². The minimum atomic E-state index is -0.510. The van der Waals surface area contributed by atoms with Crippen molar-refractivity contribution in [3.8, 4) is 5.75 Å². The third-order valence-electron chi connectivity index (χ3n) is 6.54. The summed E-state index contributed by atoms with van der Waals surface area (Å²) in [4.78, 5) is 40.6. The van der Waals surface area contributed by atoms with Gasteiger partial charge < -0.3 is 20.7 Å². The Morgan fingerprint density at radius 3 is 2.39 bits per heavy atom. The topological polar surface area (TPSA) is 96.5 Å². The van der Waals surface area contributed by atoms with Crippen molar-refractivity contribution in [2.45, 2.75) is 37.3 Å². The Balaban J connectivity index is 1.54. The molecule has 1 unspecified atom stereocenters. The second kappa shape index (κ2) is 15.8. The highest BCUT2D eigenvalue weighted by molar-refractivity contribution is 8.00. The second-order valence-corrected chi connectivity index (χ2v) is 11.5. The number of thioether (sulfide) groups is 1. The molecule has 0 radical (unpaired) electrons. The molecule has 0 saturated carbocycles. The zero-order valence-electron chi connectivity index (χ0n) is 24.7. The molecule has 0 aliphatic heterocycles. The number of carbonyl (C=O) groups excluding carboxylic acids is 3. The van der Waals surface area contributed by atoms with E-state index in [4.69, 9.17) is 16.3 Å². The minimum absolute atomic E-state index is 0.0479. The first-order valence-corrected chi connectivity index (χ1v) is 15.5. The van der Waals surface area contributed by atoms with Gasteiger partial charge in [-0.1, -0.05) is 67.1 Å². The molecule has 0 aliphatic rings. The molecule has 7 nitrogen and oxygen atoms in total. The number of benzene rings is 4. The first-order chi connectivity index (χ1) is 21.3. The summed E-state index contributed by atoms with van der Waals surface area (Å²) in [6, 6.07) is 28.6. The fourth-order valence-corrected chi connectivity index (χ4v) is 5.44. The summed E-state index contributed by atoms with van der Waals surface area (Å²) in [6.45, 7) is 6.18. The molecule has 226 valence electrons. The number of aryl methyl sites for hydroxylation is 1. The van der Waals surface area contributed by atoms with Gasteiger partial charge in [-0.05, 0) is 80.4 Å². The van der Waals surface area contributed by atoms with Gasteiger partial charge in [0.15, 0.2) is 0 Å². The SMILES string of the molecule is CCOc1ccccc1/C=C(/NC(=O)c1ccccc1)C(=O)Nc1cccc(SC(CC)C(=O)Nc2cc(Cl)ccc2C)c1. The average Bonchev–Trinajstić information content (AvgIpc) is 3.02. The van der Waals surface area contributed by atoms with Crippen molar-refractivity contribution in [2.24, 2.45) is 0 Å². The van der Waals surface area contributed by atoms with E-state index in [-0.39, 0.29) is 16.9 Å². The van der Waals surface area contributed by atoms with Gasteiger partial charge in [0, 0.05) is 32.4 Å². The van der Waals surface area contributed by atoms with Crippen LogP contribution in [0.3, 0.4) is 0 Å². The Kier molecular flexibility index (Phi) is 11.6. The Bertz CT molecular complexity index is 1660. The van der Waals surface area contributed by atoms with Crippen molar-refractivity contribution in [3.05, 3.63) is 124 Å². The number of anilines is 2. The predicted octanol–water partition coefficient (Wildman–Crippen LogP) is 7.97. The van der Waals surface area contributed by atoms with Crippen LogP contribution in [0.2, 0.25) is 5.02 Å². The van der Waals surface area contributed by atoms with E-state index in [0.717, 1.165) is 10.5 Å². The minimum Gasteiger partial charge on any atom is -0.493 e. The number of carbonyl (C=O) groups is 3. The van der Waals surface area contributed by atoms with Gasteiger partial charge >= 0.3 is 0 Å². The van der Waals surface area contributed by atoms with Gasteiger partial charge in [-0.15, -0.1) is 11.8 Å². The smallest absolute Gasteiger partial charge is 0.272 e. The Hall–Kier alpha value is -4.53. The Labute approximate surface area is 267 Å². The fourth-order valence-electron chi connectivity index (χ4n) is 4.26. The lowest BCUT2D eigenvalue weighted by Gasteiger charge is -2.17. The third-order valence-corrected chi connectivity index (χ3v) is 8.13. The molecule has 4 aromatic rings. The molecule has 44 heavy (non-hydrogen) atoms. The number of rotatable bonds is 12. The van der Waals surface area contributed by atoms with Crippen LogP contribution in [0.5, 0.6) is 5.75 Å². The number of ether oxygens (including phenoxy) is 1. The zero-order chi connectivity index (χ0) is 31.5. The summed E-state index contributed by atoms with van der Waals surface area (Å²) in [7, 11) is 0. The molecule has 0 aliphatic carbocycles. The lowest BCUT2D eigenvalue weighted by molar-refractivity contribution is -0.116. The van der Waals surface area contributed by atoms with E-state index >= 15 is 0 Å². The quantitative estimate of drug-likeness (QED) is 0.109. The van der Waals surface area contributed by atoms with Gasteiger partial charge in [0.2, 0.25) is 5.91 Å². The van der Waals surface area contributed by atoms with Gasteiger partial charge in [-0.25, -0.2) is 0 Å². The molecule has 3 amide bonds. The number of hydrogen-bond acceptors (Lipinski definition) is 5. The first-order valence-electron chi connectivity index (χ1n) is 14.2. The van der Waals surface area contributed by atoms with Crippen LogP contribution in [-0.2, 0) is 9.59 Å². The second-order valence-electron chi connectivity index (χ2n) is 9.79. The van der Waals surface area contributed by atoms with Crippen LogP contribution in [0.15, 0.2) is 108 Å². The molecule has 0 spiro atoms. The number of para-hydroxylation sites is 1. The number of nitrogens with one attached hydrogen (secondary N) is 3. The van der Waals surface area contributed by atoms with Crippen LogP contribution < -0.4 is 20.7 Å². The van der Waals surface area contributed by atoms with Crippen LogP contribution in [0, 0.1) is 6.92 Å². The highest BCUT2D eigenvalue weighted by Gasteiger charge is 2.20. The monoisotopic (exact) mass is 627 g/mol. The van der Waals surface area contributed by atoms with Gasteiger partial charge in [0.05, 0.1) is 11.9 Å². The normalized spacial score (nSPS) is 11.8. The van der Waals surface area contributed by atoms with E-state index in [1.54, 1.807) is 66.7 Å². The van der Waals surface area contributed by atoms with E-state index < -0.39 is 11.8 Å². The van der Waals surface area contributed by atoms with Crippen molar-refractivity contribution < 1.29 is 19.1 Å². The first kappa shape index (κ1) is 32.4. The molecular weight excluding hydrogens is 594 g/mol. The maximum Gasteiger partial charge on any atom is 0.272 e. The largest absolute Gasteiger partial charge is 0.493 e. The Morgan fingerprint density at radius 2 is 1.64 bits per heavy atom. The maximum absolute atomic E-state index is 13.6. The van der Waals surface area contributed by atoms with Crippen molar-refractivity contribution in [1.82, 2.24) is 5.32 Å². The summed E-state index contributed by atoms with van der Waals surface area (Å²) < 4.78 is 5.73. The lowest BCUT2D eigenvalue weighted by Crippen LogP contribution is -2.30. The third kappa shape index (κ3) is 8.99. The van der Waals surface area contributed by atoms with Gasteiger partial charge in [-0.2, -0.15) is 0 Å². The highest BCUT2D eigenvalue weighted by Crippen LogP contribution is 2.30. The fraction of sp³-hybridized carbons (Fsp3) is 0.171. The highest BCUT2D eigenvalue weighted by atomic mass is 35.5. The summed E-state index contributed by atoms with van der Waals surface area (Å²) in [6.07, 6.45) is 2.18. The summed E-state index contributed by atoms with van der Waals surface area (Å²) in [5.74, 6) is -0.482. The van der Waals surface area contributed by atoms with Gasteiger partial charge in [-0.3, -0.25) is 14.4 Å². The maximum atomic E-state index is 13.6. The molecular formula is C35H34ClN3O4S. The van der Waals surface area contributed by atoms with E-state index in [9.17, 15) is 14.4 Å². The Morgan fingerprint density at radius 1 is 0.886 bits per heavy atom. The molecule has 0 fully saturated rings. The standard InChI is InChI=1S/C35H34ClN3O4S/c1-4-32(35(42)38-29-21-26(36)19-18-23(29)3)44-28-16-11-15-27(22-28)37-34(41)30(39-33(40)24-12-7-6-8-13-24)20-25-14-9-10-17-31(25)43-5-2/h6-22,32H,4-5H2,1-3H3,(H,37,41)(H,38,42)(H,39,40)/b30-20+. The van der Waals surface area contributed by atoms with Crippen molar-refractivity contribution in [1.29, 1.82) is 0 Å². The van der Waals surface area contributed by atoms with E-state index in [1.165, 1.54) is 11.8 Å². The zero-order valence-corrected chi connectivity index (χ0v) is 26.3. The molecule has 0 aromatic heterocycles. The summed E-state index contributed by atoms with van der Waals surface area (Å²) >= 11 is 7.52. The van der Waals surface area contributed by atoms with Crippen LogP contribution >= 0.6 is 23.4 Å². The van der Waals surface area contributed by atoms with Crippen molar-refractivity contribution in [3.63, 3.8) is 0 Å². The number of amides is 3. The molecule has 0 bridgehead atoms. The molecule has 4 aromatic carbocycles. The molecule has 3 N–H and O–H groups in total. The van der Waals surface area contributed by atoms with Crippen LogP contribution in [-0.4, -0.2) is 29.6 Å². The van der Waals surface area contributed by atoms with Crippen molar-refractivity contribution in [2.75, 3.05) is 17.2 Å². The van der Waals surface area contributed by atoms with Gasteiger partial charge in [0.1, 0.15) is 11.4 Å². The lowest BCUT2D eigenvalue weighted by atomic mass is 10.1. The predicted molar refractivity (Wildman–Crippen MR) is 179 cm³/mol. The molecule has 4 rings (SSSR count). The van der Waals surface area contributed by atoms with E-state index in [2.05, 4.69) is 16.0 Å². The molecule has 1 atom stereocenters. The number of halogens is 1. The van der Waals surface area contributed by atoms with E-state index in [1.807, 2.05) is 57.2 Å². The number of hydrogen-bond donors (Lipinski definition) is 3. The molecule has 0 heterocycles.